The second kappa shape index (κ2) is 9.18. The Bertz CT molecular complexity index is 463. The number of hydrogen-bond acceptors (Lipinski definition) is 2. The van der Waals surface area contributed by atoms with Crippen LogP contribution in [0.5, 0.6) is 0 Å². The third kappa shape index (κ3) is 4.90. The summed E-state index contributed by atoms with van der Waals surface area (Å²) in [6.45, 7) is 5.33. The molecule has 1 N–H and O–H groups in total. The number of nitrogens with zero attached hydrogens (tertiary/aromatic N) is 1. The summed E-state index contributed by atoms with van der Waals surface area (Å²) in [5, 5.41) is 3.08. The highest BCUT2D eigenvalue weighted by atomic mass is 35.5. The van der Waals surface area contributed by atoms with Gasteiger partial charge < -0.3 is 5.32 Å². The zero-order valence-electron chi connectivity index (χ0n) is 12.1. The number of hydrogen-bond donors (Lipinski definition) is 1. The van der Waals surface area contributed by atoms with Crippen molar-refractivity contribution in [2.45, 2.75) is 25.6 Å². The Hall–Kier alpha value is -0.200. The summed E-state index contributed by atoms with van der Waals surface area (Å²) < 4.78 is 38.8. The molecular weight excluding hydrogens is 360 g/mol. The van der Waals surface area contributed by atoms with Gasteiger partial charge in [0.15, 0.2) is 0 Å². The summed E-state index contributed by atoms with van der Waals surface area (Å²) in [6, 6.07) is 4.12. The van der Waals surface area contributed by atoms with E-state index in [1.54, 1.807) is 6.07 Å². The predicted molar refractivity (Wildman–Crippen MR) is 88.4 cm³/mol. The summed E-state index contributed by atoms with van der Waals surface area (Å²) in [7, 11) is 0. The quantitative estimate of drug-likeness (QED) is 0.828. The van der Waals surface area contributed by atoms with Gasteiger partial charge >= 0.3 is 6.18 Å². The number of nitrogens with one attached hydrogen (secondary N) is 1. The van der Waals surface area contributed by atoms with Gasteiger partial charge in [-0.25, -0.2) is 0 Å². The SMILES string of the molecule is CC[C@H](c1cccc(C(F)(F)F)c1Cl)N1CCNCC1.Cl.Cl. The van der Waals surface area contributed by atoms with E-state index >= 15 is 0 Å². The van der Waals surface area contributed by atoms with Crippen molar-refractivity contribution in [1.29, 1.82) is 0 Å². The fourth-order valence-corrected chi connectivity index (χ4v) is 3.05. The van der Waals surface area contributed by atoms with Gasteiger partial charge in [0.1, 0.15) is 0 Å². The lowest BCUT2D eigenvalue weighted by Crippen LogP contribution is -2.45. The van der Waals surface area contributed by atoms with Crippen LogP contribution in [0.1, 0.15) is 30.5 Å². The minimum atomic E-state index is -4.41. The summed E-state index contributed by atoms with van der Waals surface area (Å²) >= 11 is 6.02. The monoisotopic (exact) mass is 378 g/mol. The minimum Gasteiger partial charge on any atom is -0.314 e. The standard InChI is InChI=1S/C14H18ClF3N2.2ClH/c1-2-12(20-8-6-19-7-9-20)10-4-3-5-11(13(10)15)14(16,17)18;;/h3-5,12,19H,2,6-9H2,1H3;2*1H/t12-;;/m1../s1. The minimum absolute atomic E-state index is 0. The first kappa shape index (κ1) is 21.8. The van der Waals surface area contributed by atoms with Crippen LogP contribution in [0, 0.1) is 0 Å². The van der Waals surface area contributed by atoms with E-state index in [4.69, 9.17) is 11.6 Å². The maximum atomic E-state index is 12.9. The molecule has 2 rings (SSSR count). The first-order chi connectivity index (χ1) is 9.45. The van der Waals surface area contributed by atoms with Crippen LogP contribution in [0.3, 0.4) is 0 Å². The Morgan fingerprint density at radius 2 is 1.82 bits per heavy atom. The molecule has 0 amide bonds. The van der Waals surface area contributed by atoms with E-state index in [1.165, 1.54) is 6.07 Å². The van der Waals surface area contributed by atoms with Crippen LogP contribution in [0.2, 0.25) is 5.02 Å². The number of piperazine rings is 1. The fraction of sp³-hybridized carbons (Fsp3) is 0.571. The maximum Gasteiger partial charge on any atom is 0.417 e. The largest absolute Gasteiger partial charge is 0.417 e. The molecule has 1 saturated heterocycles. The molecule has 1 fully saturated rings. The van der Waals surface area contributed by atoms with E-state index in [9.17, 15) is 13.2 Å². The zero-order chi connectivity index (χ0) is 14.8. The number of benzene rings is 1. The summed E-state index contributed by atoms with van der Waals surface area (Å²) in [5.41, 5.74) is -0.170. The second-order valence-corrected chi connectivity index (χ2v) is 5.29. The highest BCUT2D eigenvalue weighted by Gasteiger charge is 2.35. The van der Waals surface area contributed by atoms with Crippen LogP contribution in [0.25, 0.3) is 0 Å². The molecule has 2 nitrogen and oxygen atoms in total. The summed E-state index contributed by atoms with van der Waals surface area (Å²) in [5.74, 6) is 0. The third-order valence-electron chi connectivity index (χ3n) is 3.67. The van der Waals surface area contributed by atoms with E-state index < -0.39 is 11.7 Å². The average Bonchev–Trinajstić information content (AvgIpc) is 2.41. The van der Waals surface area contributed by atoms with Crippen molar-refractivity contribution in [1.82, 2.24) is 10.2 Å². The molecule has 0 aliphatic carbocycles. The Morgan fingerprint density at radius 1 is 1.23 bits per heavy atom. The Balaban J connectivity index is 0.00000220. The van der Waals surface area contributed by atoms with E-state index in [0.717, 1.165) is 38.7 Å². The summed E-state index contributed by atoms with van der Waals surface area (Å²) in [4.78, 5) is 2.19. The molecule has 0 bridgehead atoms. The molecule has 1 aliphatic rings. The van der Waals surface area contributed by atoms with Crippen LogP contribution in [0.4, 0.5) is 13.2 Å². The lowest BCUT2D eigenvalue weighted by atomic mass is 9.99. The summed E-state index contributed by atoms with van der Waals surface area (Å²) in [6.07, 6.45) is -3.67. The molecular formula is C14H20Cl3F3N2. The van der Waals surface area contributed by atoms with Gasteiger partial charge in [-0.3, -0.25) is 4.90 Å². The van der Waals surface area contributed by atoms with Crippen molar-refractivity contribution in [2.75, 3.05) is 26.2 Å². The van der Waals surface area contributed by atoms with E-state index in [2.05, 4.69) is 10.2 Å². The van der Waals surface area contributed by atoms with Gasteiger partial charge in [0.2, 0.25) is 0 Å². The molecule has 1 heterocycles. The van der Waals surface area contributed by atoms with Crippen molar-refractivity contribution in [2.24, 2.45) is 0 Å². The Labute approximate surface area is 146 Å². The molecule has 8 heteroatoms. The molecule has 0 aromatic heterocycles. The van der Waals surface area contributed by atoms with Gasteiger partial charge in [-0.05, 0) is 18.1 Å². The first-order valence-corrected chi connectivity index (χ1v) is 7.13. The van der Waals surface area contributed by atoms with Gasteiger partial charge in [-0.2, -0.15) is 13.2 Å². The van der Waals surface area contributed by atoms with Crippen molar-refractivity contribution >= 4 is 36.4 Å². The normalized spacial score (nSPS) is 17.3. The van der Waals surface area contributed by atoms with Gasteiger partial charge in [-0.15, -0.1) is 24.8 Å². The topological polar surface area (TPSA) is 15.3 Å². The van der Waals surface area contributed by atoms with Crippen molar-refractivity contribution in [3.05, 3.63) is 34.3 Å². The van der Waals surface area contributed by atoms with E-state index in [1.807, 2.05) is 6.92 Å². The van der Waals surface area contributed by atoms with Crippen LogP contribution < -0.4 is 5.32 Å². The molecule has 1 aromatic carbocycles. The lowest BCUT2D eigenvalue weighted by molar-refractivity contribution is -0.137. The third-order valence-corrected chi connectivity index (χ3v) is 4.09. The predicted octanol–water partition coefficient (Wildman–Crippen LogP) is 4.56. The van der Waals surface area contributed by atoms with Crippen molar-refractivity contribution in [3.8, 4) is 0 Å². The van der Waals surface area contributed by atoms with Crippen LogP contribution in [-0.2, 0) is 6.18 Å². The molecule has 1 aliphatic heterocycles. The van der Waals surface area contributed by atoms with Gasteiger partial charge in [0.05, 0.1) is 10.6 Å². The number of rotatable bonds is 3. The molecule has 22 heavy (non-hydrogen) atoms. The van der Waals surface area contributed by atoms with Crippen LogP contribution in [-0.4, -0.2) is 31.1 Å². The highest BCUT2D eigenvalue weighted by Crippen LogP contribution is 2.39. The first-order valence-electron chi connectivity index (χ1n) is 6.75. The molecule has 0 saturated carbocycles. The maximum absolute atomic E-state index is 12.9. The molecule has 0 radical (unpaired) electrons. The molecule has 1 atom stereocenters. The van der Waals surface area contributed by atoms with Crippen molar-refractivity contribution in [3.63, 3.8) is 0 Å². The lowest BCUT2D eigenvalue weighted by Gasteiger charge is -2.35. The van der Waals surface area contributed by atoms with E-state index in [0.29, 0.717) is 5.56 Å². The molecule has 1 aromatic rings. The molecule has 0 unspecified atom stereocenters. The highest BCUT2D eigenvalue weighted by molar-refractivity contribution is 6.32. The Kier molecular flexibility index (Phi) is 9.10. The molecule has 128 valence electrons. The zero-order valence-corrected chi connectivity index (χ0v) is 14.5. The molecule has 0 spiro atoms. The second-order valence-electron chi connectivity index (χ2n) is 4.92. The Morgan fingerprint density at radius 3 is 2.32 bits per heavy atom. The fourth-order valence-electron chi connectivity index (χ4n) is 2.69. The average molecular weight is 380 g/mol. The van der Waals surface area contributed by atoms with Gasteiger partial charge in [-0.1, -0.05) is 30.7 Å². The van der Waals surface area contributed by atoms with Gasteiger partial charge in [0.25, 0.3) is 0 Å². The number of alkyl halides is 3. The van der Waals surface area contributed by atoms with Crippen LogP contribution in [0.15, 0.2) is 18.2 Å². The smallest absolute Gasteiger partial charge is 0.314 e. The van der Waals surface area contributed by atoms with Crippen LogP contribution >= 0.6 is 36.4 Å². The van der Waals surface area contributed by atoms with Gasteiger partial charge in [0, 0.05) is 32.2 Å². The van der Waals surface area contributed by atoms with Crippen molar-refractivity contribution < 1.29 is 13.2 Å². The van der Waals surface area contributed by atoms with E-state index in [-0.39, 0.29) is 35.9 Å². The number of halogens is 6.